The van der Waals surface area contributed by atoms with Crippen molar-refractivity contribution in [3.63, 3.8) is 0 Å². The van der Waals surface area contributed by atoms with E-state index in [1.165, 1.54) is 11.8 Å². The van der Waals surface area contributed by atoms with E-state index in [2.05, 4.69) is 20.2 Å². The van der Waals surface area contributed by atoms with Crippen LogP contribution in [0.3, 0.4) is 0 Å². The van der Waals surface area contributed by atoms with Gasteiger partial charge in [-0.25, -0.2) is 4.98 Å². The van der Waals surface area contributed by atoms with E-state index in [1.807, 2.05) is 24.3 Å². The molecule has 2 N–H and O–H groups in total. The molecule has 0 atom stereocenters. The van der Waals surface area contributed by atoms with Crippen LogP contribution in [-0.4, -0.2) is 38.8 Å². The number of para-hydroxylation sites is 1. The number of ketones is 1. The monoisotopic (exact) mass is 398 g/mol. The molecule has 0 unspecified atom stereocenters. The summed E-state index contributed by atoms with van der Waals surface area (Å²) in [5.41, 5.74) is 2.33. The fourth-order valence-corrected chi connectivity index (χ4v) is 3.66. The first-order valence-electron chi connectivity index (χ1n) is 8.14. The number of nitrogens with one attached hydrogen (secondary N) is 2. The molecule has 0 radical (unpaired) electrons. The van der Waals surface area contributed by atoms with Crippen LogP contribution >= 0.6 is 23.4 Å². The number of Topliss-reactive ketones (excluding diaryl/α,β-unsaturated/α-hetero) is 1. The van der Waals surface area contributed by atoms with Gasteiger partial charge >= 0.3 is 0 Å². The number of carbonyl (C=O) groups is 1. The average molecular weight is 399 g/mol. The number of nitrogens with zero attached hydrogens (tertiary/aromatic N) is 2. The Morgan fingerprint density at radius 1 is 1.26 bits per heavy atom. The summed E-state index contributed by atoms with van der Waals surface area (Å²) < 4.78 is 5.34. The molecule has 0 spiro atoms. The number of rotatable bonds is 6. The van der Waals surface area contributed by atoms with Crippen molar-refractivity contribution in [2.75, 3.05) is 12.9 Å². The van der Waals surface area contributed by atoms with Crippen molar-refractivity contribution < 1.29 is 9.53 Å². The largest absolute Gasteiger partial charge is 0.496 e. The second-order valence-electron chi connectivity index (χ2n) is 5.77. The molecule has 6 nitrogen and oxygen atoms in total. The Labute approximate surface area is 164 Å². The highest BCUT2D eigenvalue weighted by Crippen LogP contribution is 2.31. The molecule has 4 rings (SSSR count). The molecule has 4 aromatic rings. The van der Waals surface area contributed by atoms with Gasteiger partial charge in [-0.05, 0) is 24.3 Å². The zero-order chi connectivity index (χ0) is 18.8. The maximum Gasteiger partial charge on any atom is 0.209 e. The van der Waals surface area contributed by atoms with Gasteiger partial charge in [0.05, 0.1) is 18.4 Å². The lowest BCUT2D eigenvalue weighted by Crippen LogP contribution is -2.01. The maximum atomic E-state index is 12.6. The second kappa shape index (κ2) is 7.46. The summed E-state index contributed by atoms with van der Waals surface area (Å²) in [6.45, 7) is 0. The van der Waals surface area contributed by atoms with Crippen molar-refractivity contribution in [1.82, 2.24) is 20.2 Å². The van der Waals surface area contributed by atoms with E-state index in [1.54, 1.807) is 31.5 Å². The molecule has 136 valence electrons. The minimum Gasteiger partial charge on any atom is -0.496 e. The van der Waals surface area contributed by atoms with Gasteiger partial charge in [-0.1, -0.05) is 41.6 Å². The molecule has 2 heterocycles. The van der Waals surface area contributed by atoms with Crippen LogP contribution in [0.1, 0.15) is 10.4 Å². The molecule has 0 amide bonds. The van der Waals surface area contributed by atoms with E-state index in [4.69, 9.17) is 16.3 Å². The number of hydrogen-bond donors (Lipinski definition) is 2. The number of methoxy groups -OCH3 is 1. The van der Waals surface area contributed by atoms with Gasteiger partial charge in [0.25, 0.3) is 0 Å². The van der Waals surface area contributed by atoms with E-state index < -0.39 is 0 Å². The molecule has 2 aromatic heterocycles. The summed E-state index contributed by atoms with van der Waals surface area (Å²) in [6.07, 6.45) is 1.74. The summed E-state index contributed by atoms with van der Waals surface area (Å²) in [7, 11) is 1.58. The first-order chi connectivity index (χ1) is 13.2. The topological polar surface area (TPSA) is 83.7 Å². The normalized spacial score (nSPS) is 11.0. The molecule has 0 aliphatic rings. The fraction of sp³-hybridized carbons (Fsp3) is 0.105. The number of aromatic amines is 2. The summed E-state index contributed by atoms with van der Waals surface area (Å²) in [5, 5.41) is 9.04. The zero-order valence-electron chi connectivity index (χ0n) is 14.3. The maximum absolute atomic E-state index is 12.6. The number of thioether (sulfide) groups is 1. The number of hydrogen-bond acceptors (Lipinski definition) is 5. The highest BCUT2D eigenvalue weighted by atomic mass is 35.5. The molecule has 0 saturated carbocycles. The Morgan fingerprint density at radius 3 is 2.96 bits per heavy atom. The van der Waals surface area contributed by atoms with Crippen LogP contribution < -0.4 is 4.74 Å². The lowest BCUT2D eigenvalue weighted by atomic mass is 10.1. The van der Waals surface area contributed by atoms with Gasteiger partial charge in [0.2, 0.25) is 5.16 Å². The Balaban J connectivity index is 1.50. The standard InChI is InChI=1S/C19H15ClN4O2S/c1-26-17-7-6-11(20)8-13(17)18-22-19(24-23-18)27-10-16(25)14-9-21-15-5-3-2-4-12(14)15/h2-9,21H,10H2,1H3,(H,22,23,24). The van der Waals surface area contributed by atoms with Gasteiger partial charge in [0, 0.05) is 27.7 Å². The van der Waals surface area contributed by atoms with Crippen molar-refractivity contribution in [2.24, 2.45) is 0 Å². The lowest BCUT2D eigenvalue weighted by Gasteiger charge is -2.05. The van der Waals surface area contributed by atoms with Gasteiger partial charge < -0.3 is 9.72 Å². The smallest absolute Gasteiger partial charge is 0.209 e. The molecular weight excluding hydrogens is 384 g/mol. The summed E-state index contributed by atoms with van der Waals surface area (Å²) in [5.74, 6) is 1.44. The van der Waals surface area contributed by atoms with Crippen LogP contribution in [0.4, 0.5) is 0 Å². The van der Waals surface area contributed by atoms with Gasteiger partial charge in [-0.15, -0.1) is 5.10 Å². The highest BCUT2D eigenvalue weighted by Gasteiger charge is 2.15. The van der Waals surface area contributed by atoms with Gasteiger partial charge in [-0.2, -0.15) is 0 Å². The van der Waals surface area contributed by atoms with Crippen molar-refractivity contribution in [3.8, 4) is 17.1 Å². The van der Waals surface area contributed by atoms with E-state index in [-0.39, 0.29) is 11.5 Å². The van der Waals surface area contributed by atoms with Gasteiger partial charge in [0.15, 0.2) is 11.6 Å². The quantitative estimate of drug-likeness (QED) is 0.366. The van der Waals surface area contributed by atoms with E-state index in [0.717, 1.165) is 10.9 Å². The Morgan fingerprint density at radius 2 is 2.11 bits per heavy atom. The molecule has 27 heavy (non-hydrogen) atoms. The molecule has 0 aliphatic heterocycles. The summed E-state index contributed by atoms with van der Waals surface area (Å²) in [6, 6.07) is 13.0. The number of aromatic nitrogens is 4. The first kappa shape index (κ1) is 17.6. The molecule has 8 heteroatoms. The number of H-pyrrole nitrogens is 2. The number of ether oxygens (including phenoxy) is 1. The van der Waals surface area contributed by atoms with Crippen LogP contribution in [0.2, 0.25) is 5.02 Å². The molecule has 0 aliphatic carbocycles. The van der Waals surface area contributed by atoms with Crippen molar-refractivity contribution in [3.05, 3.63) is 59.2 Å². The van der Waals surface area contributed by atoms with Gasteiger partial charge in [-0.3, -0.25) is 9.89 Å². The SMILES string of the molecule is COc1ccc(Cl)cc1-c1nc(SCC(=O)c2c[nH]c3ccccc23)n[nH]1. The molecule has 0 saturated heterocycles. The number of halogens is 1. The Kier molecular flexibility index (Phi) is 4.87. The number of carbonyl (C=O) groups excluding carboxylic acids is 1. The lowest BCUT2D eigenvalue weighted by molar-refractivity contribution is 0.102. The van der Waals surface area contributed by atoms with Crippen molar-refractivity contribution in [2.45, 2.75) is 5.16 Å². The average Bonchev–Trinajstić information content (AvgIpc) is 3.33. The predicted molar refractivity (Wildman–Crippen MR) is 107 cm³/mol. The highest BCUT2D eigenvalue weighted by molar-refractivity contribution is 7.99. The van der Waals surface area contributed by atoms with Crippen molar-refractivity contribution in [1.29, 1.82) is 0 Å². The number of benzene rings is 2. The third kappa shape index (κ3) is 3.56. The van der Waals surface area contributed by atoms with Crippen LogP contribution in [0, 0.1) is 0 Å². The van der Waals surface area contributed by atoms with E-state index in [0.29, 0.717) is 32.9 Å². The first-order valence-corrected chi connectivity index (χ1v) is 9.50. The number of fused-ring (bicyclic) bond motifs is 1. The van der Waals surface area contributed by atoms with E-state index >= 15 is 0 Å². The van der Waals surface area contributed by atoms with E-state index in [9.17, 15) is 4.79 Å². The minimum absolute atomic E-state index is 0.0177. The molecule has 2 aromatic carbocycles. The molecular formula is C19H15ClN4O2S. The predicted octanol–water partition coefficient (Wildman–Crippen LogP) is 4.59. The summed E-state index contributed by atoms with van der Waals surface area (Å²) in [4.78, 5) is 20.1. The van der Waals surface area contributed by atoms with Crippen LogP contribution in [0.15, 0.2) is 53.8 Å². The second-order valence-corrected chi connectivity index (χ2v) is 7.15. The third-order valence-corrected chi connectivity index (χ3v) is 5.19. The van der Waals surface area contributed by atoms with Crippen LogP contribution in [0.25, 0.3) is 22.3 Å². The molecule has 0 bridgehead atoms. The van der Waals surface area contributed by atoms with Crippen LogP contribution in [0.5, 0.6) is 5.75 Å². The van der Waals surface area contributed by atoms with Crippen molar-refractivity contribution >= 4 is 40.0 Å². The fourth-order valence-electron chi connectivity index (χ4n) is 2.81. The Hall–Kier alpha value is -2.77. The Bertz CT molecular complexity index is 1120. The molecule has 0 fully saturated rings. The minimum atomic E-state index is 0.0177. The zero-order valence-corrected chi connectivity index (χ0v) is 15.9. The van der Waals surface area contributed by atoms with Gasteiger partial charge in [0.1, 0.15) is 5.75 Å². The summed E-state index contributed by atoms with van der Waals surface area (Å²) >= 11 is 7.35. The van der Waals surface area contributed by atoms with Crippen LogP contribution in [-0.2, 0) is 0 Å². The third-order valence-electron chi connectivity index (χ3n) is 4.10.